The number of carbonyl (C=O) groups is 1. The van der Waals surface area contributed by atoms with Gasteiger partial charge in [-0.1, -0.05) is 24.7 Å². The Bertz CT molecular complexity index is 414. The van der Waals surface area contributed by atoms with Gasteiger partial charge in [0, 0.05) is 19.5 Å². The van der Waals surface area contributed by atoms with Crippen molar-refractivity contribution in [3.63, 3.8) is 0 Å². The second-order valence-electron chi connectivity index (χ2n) is 4.80. The molecule has 0 saturated heterocycles. The molecular formula is C13H20N2OS. The van der Waals surface area contributed by atoms with Crippen LogP contribution in [0.2, 0.25) is 0 Å². The molecule has 1 aliphatic carbocycles. The number of carbonyl (C=O) groups excluding carboxylic acids is 1. The Kier molecular flexibility index (Phi) is 3.82. The number of nitrogens with zero attached hydrogens (tertiary/aromatic N) is 2. The van der Waals surface area contributed by atoms with Crippen LogP contribution < -0.4 is 4.90 Å². The van der Waals surface area contributed by atoms with Gasteiger partial charge < -0.3 is 4.90 Å². The van der Waals surface area contributed by atoms with E-state index in [9.17, 15) is 4.79 Å². The lowest BCUT2D eigenvalue weighted by Gasteiger charge is -2.23. The van der Waals surface area contributed by atoms with Gasteiger partial charge in [-0.15, -0.1) is 0 Å². The van der Waals surface area contributed by atoms with Gasteiger partial charge in [0.1, 0.15) is 0 Å². The number of fused-ring (bicyclic) bond motifs is 1. The molecule has 1 aliphatic rings. The van der Waals surface area contributed by atoms with E-state index in [1.807, 2.05) is 0 Å². The van der Waals surface area contributed by atoms with Gasteiger partial charge >= 0.3 is 0 Å². The van der Waals surface area contributed by atoms with Crippen molar-refractivity contribution in [2.45, 2.75) is 52.0 Å². The summed E-state index contributed by atoms with van der Waals surface area (Å²) in [4.78, 5) is 19.5. The first-order chi connectivity index (χ1) is 8.13. The van der Waals surface area contributed by atoms with Crippen molar-refractivity contribution in [1.29, 1.82) is 0 Å². The van der Waals surface area contributed by atoms with Crippen molar-refractivity contribution >= 4 is 22.3 Å². The Balaban J connectivity index is 2.19. The molecule has 17 heavy (non-hydrogen) atoms. The summed E-state index contributed by atoms with van der Waals surface area (Å²) in [5, 5.41) is 1.01. The topological polar surface area (TPSA) is 33.2 Å². The van der Waals surface area contributed by atoms with Crippen LogP contribution >= 0.6 is 11.3 Å². The molecule has 3 nitrogen and oxygen atoms in total. The highest BCUT2D eigenvalue weighted by Gasteiger charge is 2.24. The van der Waals surface area contributed by atoms with E-state index >= 15 is 0 Å². The largest absolute Gasteiger partial charge is 0.348 e. The summed E-state index contributed by atoms with van der Waals surface area (Å²) in [6, 6.07) is 0.489. The van der Waals surface area contributed by atoms with Gasteiger partial charge in [-0.2, -0.15) is 0 Å². The van der Waals surface area contributed by atoms with Crippen molar-refractivity contribution in [3.05, 3.63) is 10.6 Å². The summed E-state index contributed by atoms with van der Waals surface area (Å²) in [6.45, 7) is 4.41. The zero-order valence-electron chi connectivity index (χ0n) is 10.8. The second-order valence-corrected chi connectivity index (χ2v) is 5.78. The minimum Gasteiger partial charge on any atom is -0.348 e. The summed E-state index contributed by atoms with van der Waals surface area (Å²) in [6.07, 6.45) is 4.96. The van der Waals surface area contributed by atoms with E-state index in [0.717, 1.165) is 35.0 Å². The monoisotopic (exact) mass is 252 g/mol. The van der Waals surface area contributed by atoms with Crippen LogP contribution in [0.15, 0.2) is 0 Å². The maximum atomic E-state index is 11.8. The minimum atomic E-state index is 0.284. The van der Waals surface area contributed by atoms with Gasteiger partial charge in [-0.25, -0.2) is 4.98 Å². The molecular weight excluding hydrogens is 232 g/mol. The molecule has 0 spiro atoms. The van der Waals surface area contributed by atoms with Crippen LogP contribution in [0.4, 0.5) is 5.13 Å². The Hall–Kier alpha value is -0.900. The van der Waals surface area contributed by atoms with Crippen molar-refractivity contribution in [2.75, 3.05) is 11.9 Å². The van der Waals surface area contributed by atoms with Gasteiger partial charge in [-0.05, 0) is 26.2 Å². The number of thiazole rings is 1. The predicted molar refractivity (Wildman–Crippen MR) is 72.2 cm³/mol. The lowest BCUT2D eigenvalue weighted by molar-refractivity contribution is 0.0976. The van der Waals surface area contributed by atoms with Crippen LogP contribution in [0, 0.1) is 0 Å². The first-order valence-corrected chi connectivity index (χ1v) is 7.20. The highest BCUT2D eigenvalue weighted by atomic mass is 32.1. The summed E-state index contributed by atoms with van der Waals surface area (Å²) in [7, 11) is 2.08. The Morgan fingerprint density at radius 1 is 1.47 bits per heavy atom. The number of anilines is 1. The number of aryl methyl sites for hydroxylation is 1. The molecule has 0 saturated carbocycles. The van der Waals surface area contributed by atoms with E-state index in [0.29, 0.717) is 12.5 Å². The van der Waals surface area contributed by atoms with E-state index in [1.165, 1.54) is 6.42 Å². The van der Waals surface area contributed by atoms with Crippen LogP contribution in [0.1, 0.15) is 54.9 Å². The molecule has 1 heterocycles. The van der Waals surface area contributed by atoms with Crippen LogP contribution in [-0.4, -0.2) is 23.9 Å². The summed E-state index contributed by atoms with van der Waals surface area (Å²) < 4.78 is 0. The van der Waals surface area contributed by atoms with Crippen LogP contribution in [0.3, 0.4) is 0 Å². The average Bonchev–Trinajstić information content (AvgIpc) is 2.73. The molecule has 0 fully saturated rings. The maximum absolute atomic E-state index is 11.8. The van der Waals surface area contributed by atoms with Gasteiger partial charge in [0.15, 0.2) is 10.9 Å². The lowest BCUT2D eigenvalue weighted by Crippen LogP contribution is -2.28. The number of hydrogen-bond acceptors (Lipinski definition) is 4. The highest BCUT2D eigenvalue weighted by Crippen LogP contribution is 2.32. The van der Waals surface area contributed by atoms with Crippen LogP contribution in [-0.2, 0) is 6.42 Å². The fraction of sp³-hybridized carbons (Fsp3) is 0.692. The number of rotatable bonds is 4. The molecule has 0 aliphatic heterocycles. The fourth-order valence-corrected chi connectivity index (χ4v) is 3.35. The molecule has 1 unspecified atom stereocenters. The molecule has 0 aromatic carbocycles. The highest BCUT2D eigenvalue weighted by molar-refractivity contribution is 7.17. The smallest absolute Gasteiger partial charge is 0.186 e. The molecule has 2 rings (SSSR count). The summed E-state index contributed by atoms with van der Waals surface area (Å²) in [5.74, 6) is 0.284. The van der Waals surface area contributed by atoms with Crippen LogP contribution in [0.25, 0.3) is 0 Å². The average molecular weight is 252 g/mol. The Morgan fingerprint density at radius 3 is 2.88 bits per heavy atom. The zero-order chi connectivity index (χ0) is 12.4. The van der Waals surface area contributed by atoms with E-state index in [2.05, 4.69) is 30.8 Å². The molecule has 1 aromatic heterocycles. The number of Topliss-reactive ketones (excluding diaryl/α,β-unsaturated/α-hetero) is 1. The molecule has 1 aromatic rings. The Morgan fingerprint density at radius 2 is 2.24 bits per heavy atom. The minimum absolute atomic E-state index is 0.284. The normalized spacial score (nSPS) is 16.8. The third-order valence-corrected chi connectivity index (χ3v) is 4.66. The number of ketones is 1. The first kappa shape index (κ1) is 12.6. The first-order valence-electron chi connectivity index (χ1n) is 6.39. The van der Waals surface area contributed by atoms with Crippen molar-refractivity contribution in [1.82, 2.24) is 4.98 Å². The van der Waals surface area contributed by atoms with Crippen molar-refractivity contribution in [2.24, 2.45) is 0 Å². The standard InChI is InChI=1S/C13H20N2OS/c1-4-6-9(2)15(3)13-14-10-7-5-8-11(16)12(10)17-13/h9H,4-8H2,1-3H3. The van der Waals surface area contributed by atoms with Gasteiger partial charge in [0.05, 0.1) is 10.6 Å². The molecule has 94 valence electrons. The third-order valence-electron chi connectivity index (χ3n) is 3.43. The maximum Gasteiger partial charge on any atom is 0.186 e. The molecule has 0 radical (unpaired) electrons. The number of aromatic nitrogens is 1. The summed E-state index contributed by atoms with van der Waals surface area (Å²) in [5.41, 5.74) is 1.02. The van der Waals surface area contributed by atoms with Gasteiger partial charge in [0.2, 0.25) is 0 Å². The molecule has 4 heteroatoms. The van der Waals surface area contributed by atoms with Crippen LogP contribution in [0.5, 0.6) is 0 Å². The van der Waals surface area contributed by atoms with Gasteiger partial charge in [0.25, 0.3) is 0 Å². The molecule has 1 atom stereocenters. The summed E-state index contributed by atoms with van der Waals surface area (Å²) >= 11 is 1.57. The van der Waals surface area contributed by atoms with E-state index in [4.69, 9.17) is 0 Å². The van der Waals surface area contributed by atoms with E-state index < -0.39 is 0 Å². The molecule has 0 bridgehead atoms. The molecule has 0 N–H and O–H groups in total. The fourth-order valence-electron chi connectivity index (χ4n) is 2.21. The van der Waals surface area contributed by atoms with E-state index in [-0.39, 0.29) is 5.78 Å². The van der Waals surface area contributed by atoms with Crippen molar-refractivity contribution in [3.8, 4) is 0 Å². The quantitative estimate of drug-likeness (QED) is 0.824. The SMILES string of the molecule is CCCC(C)N(C)c1nc2c(s1)C(=O)CCC2. The zero-order valence-corrected chi connectivity index (χ0v) is 11.6. The predicted octanol–water partition coefficient (Wildman–Crippen LogP) is 3.29. The second kappa shape index (κ2) is 5.17. The van der Waals surface area contributed by atoms with Crippen molar-refractivity contribution < 1.29 is 4.79 Å². The Labute approximate surface area is 107 Å². The lowest BCUT2D eigenvalue weighted by atomic mass is 10.0. The number of hydrogen-bond donors (Lipinski definition) is 0. The van der Waals surface area contributed by atoms with Gasteiger partial charge in [-0.3, -0.25) is 4.79 Å². The molecule has 0 amide bonds. The third kappa shape index (κ3) is 2.51. The van der Waals surface area contributed by atoms with E-state index in [1.54, 1.807) is 11.3 Å².